The molecule has 5 aromatic rings. The van der Waals surface area contributed by atoms with Crippen molar-refractivity contribution >= 4 is 21.5 Å². The molecular formula is C24H19N3O. The Hall–Kier alpha value is -3.50. The van der Waals surface area contributed by atoms with Gasteiger partial charge in [-0.3, -0.25) is 0 Å². The van der Waals surface area contributed by atoms with Gasteiger partial charge in [0.15, 0.2) is 0 Å². The van der Waals surface area contributed by atoms with Crippen LogP contribution in [-0.2, 0) is 13.2 Å². The highest BCUT2D eigenvalue weighted by molar-refractivity contribution is 6.05. The first kappa shape index (κ1) is 16.7. The maximum atomic E-state index is 10.0. The Morgan fingerprint density at radius 1 is 0.679 bits per heavy atom. The number of aliphatic hydroxyl groups is 1. The van der Waals surface area contributed by atoms with E-state index in [1.165, 1.54) is 5.56 Å². The second-order valence-corrected chi connectivity index (χ2v) is 6.87. The van der Waals surface area contributed by atoms with E-state index >= 15 is 0 Å². The molecule has 1 aromatic heterocycles. The predicted molar refractivity (Wildman–Crippen MR) is 112 cm³/mol. The Balaban J connectivity index is 1.68. The summed E-state index contributed by atoms with van der Waals surface area (Å²) in [5.74, 6) is 0. The average molecular weight is 365 g/mol. The highest BCUT2D eigenvalue weighted by Crippen LogP contribution is 2.33. The predicted octanol–water partition coefficient (Wildman–Crippen LogP) is 4.79. The van der Waals surface area contributed by atoms with E-state index in [0.29, 0.717) is 6.54 Å². The zero-order chi connectivity index (χ0) is 18.9. The number of fused-ring (bicyclic) bond motifs is 2. The van der Waals surface area contributed by atoms with Gasteiger partial charge >= 0.3 is 0 Å². The summed E-state index contributed by atoms with van der Waals surface area (Å²) in [5, 5.41) is 23.2. The van der Waals surface area contributed by atoms with Crippen LogP contribution in [0.1, 0.15) is 11.1 Å². The van der Waals surface area contributed by atoms with Gasteiger partial charge in [-0.2, -0.15) is 0 Å². The van der Waals surface area contributed by atoms with Gasteiger partial charge in [-0.1, -0.05) is 84.1 Å². The molecule has 0 bridgehead atoms. The fourth-order valence-corrected chi connectivity index (χ4v) is 3.93. The first-order chi connectivity index (χ1) is 13.8. The summed E-state index contributed by atoms with van der Waals surface area (Å²) >= 11 is 0. The van der Waals surface area contributed by atoms with Gasteiger partial charge in [0.2, 0.25) is 0 Å². The van der Waals surface area contributed by atoms with Crippen LogP contribution in [0.4, 0.5) is 0 Å². The molecule has 1 heterocycles. The molecular weight excluding hydrogens is 346 g/mol. The fourth-order valence-electron chi connectivity index (χ4n) is 3.93. The van der Waals surface area contributed by atoms with E-state index in [9.17, 15) is 5.11 Å². The van der Waals surface area contributed by atoms with E-state index in [2.05, 4.69) is 34.6 Å². The molecule has 28 heavy (non-hydrogen) atoms. The molecule has 0 spiro atoms. The lowest BCUT2D eigenvalue weighted by atomic mass is 9.92. The molecule has 4 aromatic carbocycles. The van der Waals surface area contributed by atoms with Gasteiger partial charge < -0.3 is 5.11 Å². The van der Waals surface area contributed by atoms with Crippen molar-refractivity contribution < 1.29 is 5.11 Å². The van der Waals surface area contributed by atoms with Gasteiger partial charge in [0.05, 0.1) is 19.3 Å². The lowest BCUT2D eigenvalue weighted by molar-refractivity contribution is 0.285. The van der Waals surface area contributed by atoms with Gasteiger partial charge in [-0.15, -0.1) is 5.10 Å². The summed E-state index contributed by atoms with van der Waals surface area (Å²) in [6.07, 6.45) is 1.98. The Bertz CT molecular complexity index is 1220. The smallest absolute Gasteiger partial charge is 0.113 e. The molecule has 5 rings (SSSR count). The molecule has 0 radical (unpaired) electrons. The second kappa shape index (κ2) is 6.91. The maximum absolute atomic E-state index is 10.0. The van der Waals surface area contributed by atoms with Crippen molar-refractivity contribution in [2.24, 2.45) is 0 Å². The average Bonchev–Trinajstić information content (AvgIpc) is 3.23. The van der Waals surface area contributed by atoms with Crippen molar-refractivity contribution in [2.75, 3.05) is 0 Å². The summed E-state index contributed by atoms with van der Waals surface area (Å²) < 4.78 is 1.88. The lowest BCUT2D eigenvalue weighted by Crippen LogP contribution is -2.04. The SMILES string of the molecule is OCc1c2ccccc2c(Cn2cc(-c3ccccc3)nn2)c2ccccc12. The molecule has 1 N–H and O–H groups in total. The number of benzene rings is 4. The fraction of sp³-hybridized carbons (Fsp3) is 0.0833. The first-order valence-corrected chi connectivity index (χ1v) is 9.33. The monoisotopic (exact) mass is 365 g/mol. The van der Waals surface area contributed by atoms with E-state index in [1.807, 2.05) is 65.5 Å². The third-order valence-electron chi connectivity index (χ3n) is 5.24. The molecule has 0 aliphatic carbocycles. The van der Waals surface area contributed by atoms with Crippen LogP contribution in [-0.4, -0.2) is 20.1 Å². The summed E-state index contributed by atoms with van der Waals surface area (Å²) in [6, 6.07) is 26.6. The highest BCUT2D eigenvalue weighted by atomic mass is 16.3. The minimum absolute atomic E-state index is 0.0167. The van der Waals surface area contributed by atoms with Gasteiger partial charge in [-0.05, 0) is 32.7 Å². The third kappa shape index (κ3) is 2.75. The van der Waals surface area contributed by atoms with Crippen molar-refractivity contribution in [3.63, 3.8) is 0 Å². The minimum atomic E-state index is 0.0167. The Labute approximate surface area is 162 Å². The quantitative estimate of drug-likeness (QED) is 0.466. The van der Waals surface area contributed by atoms with Crippen LogP contribution in [0, 0.1) is 0 Å². The number of hydrogen-bond donors (Lipinski definition) is 1. The van der Waals surface area contributed by atoms with Crippen LogP contribution >= 0.6 is 0 Å². The molecule has 0 aliphatic heterocycles. The van der Waals surface area contributed by atoms with E-state index in [1.54, 1.807) is 0 Å². The molecule has 0 aliphatic rings. The second-order valence-electron chi connectivity index (χ2n) is 6.87. The van der Waals surface area contributed by atoms with Gasteiger partial charge in [0.25, 0.3) is 0 Å². The number of hydrogen-bond acceptors (Lipinski definition) is 3. The normalized spacial score (nSPS) is 11.3. The van der Waals surface area contributed by atoms with Crippen molar-refractivity contribution in [2.45, 2.75) is 13.2 Å². The van der Waals surface area contributed by atoms with Crippen molar-refractivity contribution in [3.8, 4) is 11.3 Å². The molecule has 0 atom stereocenters. The standard InChI is InChI=1S/C24H19N3O/c28-16-23-20-12-6-4-10-18(20)22(19-11-5-7-13-21(19)23)14-27-15-24(25-26-27)17-8-2-1-3-9-17/h1-13,15,28H,14,16H2. The zero-order valence-electron chi connectivity index (χ0n) is 15.3. The van der Waals surface area contributed by atoms with E-state index < -0.39 is 0 Å². The Morgan fingerprint density at radius 2 is 1.21 bits per heavy atom. The van der Waals surface area contributed by atoms with Crippen molar-refractivity contribution in [3.05, 3.63) is 96.2 Å². The molecule has 4 heteroatoms. The summed E-state index contributed by atoms with van der Waals surface area (Å²) in [7, 11) is 0. The first-order valence-electron chi connectivity index (χ1n) is 9.33. The van der Waals surface area contributed by atoms with Gasteiger partial charge in [0, 0.05) is 5.56 Å². The third-order valence-corrected chi connectivity index (χ3v) is 5.24. The number of aromatic nitrogens is 3. The van der Waals surface area contributed by atoms with Gasteiger partial charge in [0.1, 0.15) is 5.69 Å². The lowest BCUT2D eigenvalue weighted by Gasteiger charge is -2.15. The number of aliphatic hydroxyl groups excluding tert-OH is 1. The van der Waals surface area contributed by atoms with Crippen LogP contribution < -0.4 is 0 Å². The van der Waals surface area contributed by atoms with Crippen molar-refractivity contribution in [1.29, 1.82) is 0 Å². The summed E-state index contributed by atoms with van der Waals surface area (Å²) in [6.45, 7) is 0.634. The molecule has 4 nitrogen and oxygen atoms in total. The maximum Gasteiger partial charge on any atom is 0.113 e. The molecule has 0 amide bonds. The summed E-state index contributed by atoms with van der Waals surface area (Å²) in [5.41, 5.74) is 4.08. The van der Waals surface area contributed by atoms with Gasteiger partial charge in [-0.25, -0.2) is 4.68 Å². The minimum Gasteiger partial charge on any atom is -0.392 e. The van der Waals surface area contributed by atoms with Crippen LogP contribution in [0.25, 0.3) is 32.8 Å². The largest absolute Gasteiger partial charge is 0.392 e. The Kier molecular flexibility index (Phi) is 4.11. The molecule has 0 fully saturated rings. The molecule has 136 valence electrons. The van der Waals surface area contributed by atoms with E-state index in [-0.39, 0.29) is 6.61 Å². The van der Waals surface area contributed by atoms with Crippen molar-refractivity contribution in [1.82, 2.24) is 15.0 Å². The van der Waals surface area contributed by atoms with Crippen LogP contribution in [0.3, 0.4) is 0 Å². The van der Waals surface area contributed by atoms with E-state index in [0.717, 1.165) is 38.4 Å². The van der Waals surface area contributed by atoms with Crippen LogP contribution in [0.15, 0.2) is 85.1 Å². The van der Waals surface area contributed by atoms with Crippen LogP contribution in [0.5, 0.6) is 0 Å². The molecule has 0 saturated carbocycles. The van der Waals surface area contributed by atoms with E-state index in [4.69, 9.17) is 0 Å². The highest BCUT2D eigenvalue weighted by Gasteiger charge is 2.14. The summed E-state index contributed by atoms with van der Waals surface area (Å²) in [4.78, 5) is 0. The number of nitrogens with zero attached hydrogens (tertiary/aromatic N) is 3. The van der Waals surface area contributed by atoms with Crippen LogP contribution in [0.2, 0.25) is 0 Å². The molecule has 0 unspecified atom stereocenters. The number of rotatable bonds is 4. The molecule has 0 saturated heterocycles. The zero-order valence-corrected chi connectivity index (χ0v) is 15.3. The Morgan fingerprint density at radius 3 is 1.79 bits per heavy atom. The topological polar surface area (TPSA) is 50.9 Å².